The summed E-state index contributed by atoms with van der Waals surface area (Å²) in [5.74, 6) is 0. The van der Waals surface area contributed by atoms with Crippen LogP contribution in [0, 0.1) is 0 Å². The van der Waals surface area contributed by atoms with Crippen molar-refractivity contribution in [1.29, 1.82) is 0 Å². The van der Waals surface area contributed by atoms with E-state index in [2.05, 4.69) is 19.2 Å². The summed E-state index contributed by atoms with van der Waals surface area (Å²) in [6, 6.07) is 8.02. The van der Waals surface area contributed by atoms with Crippen molar-refractivity contribution in [3.63, 3.8) is 0 Å². The van der Waals surface area contributed by atoms with Gasteiger partial charge in [-0.1, -0.05) is 43.5 Å². The molecule has 0 aliphatic heterocycles. The van der Waals surface area contributed by atoms with E-state index in [4.69, 9.17) is 0 Å². The molecule has 2 aromatic rings. The third-order valence-corrected chi connectivity index (χ3v) is 3.73. The Balaban J connectivity index is 2.54. The summed E-state index contributed by atoms with van der Waals surface area (Å²) >= 11 is 0. The number of aryl methyl sites for hydroxylation is 1. The Morgan fingerprint density at radius 2 is 1.83 bits per heavy atom. The molecule has 0 saturated carbocycles. The van der Waals surface area contributed by atoms with Crippen LogP contribution in [0.2, 0.25) is 0 Å². The van der Waals surface area contributed by atoms with Crippen LogP contribution >= 0.6 is 0 Å². The van der Waals surface area contributed by atoms with E-state index in [9.17, 15) is 4.79 Å². The maximum absolute atomic E-state index is 11.1. The first-order valence-corrected chi connectivity index (χ1v) is 6.10. The van der Waals surface area contributed by atoms with Crippen LogP contribution in [0.3, 0.4) is 0 Å². The van der Waals surface area contributed by atoms with Gasteiger partial charge in [0.1, 0.15) is 0 Å². The Kier molecular flexibility index (Phi) is 2.41. The maximum atomic E-state index is 11.1. The molecule has 18 heavy (non-hydrogen) atoms. The molecule has 1 aliphatic carbocycles. The average molecular weight is 234 g/mol. The fourth-order valence-corrected chi connectivity index (χ4v) is 2.83. The number of aldehydes is 1. The van der Waals surface area contributed by atoms with Crippen LogP contribution in [0.5, 0.6) is 0 Å². The number of benzene rings is 2. The van der Waals surface area contributed by atoms with Crippen molar-refractivity contribution < 1.29 is 4.79 Å². The fraction of sp³-hybridized carbons (Fsp3) is 0.118. The minimum Gasteiger partial charge on any atom is -0.298 e. The van der Waals surface area contributed by atoms with Crippen molar-refractivity contribution in [2.24, 2.45) is 0 Å². The zero-order valence-corrected chi connectivity index (χ0v) is 10.2. The molecule has 0 saturated heterocycles. The molecular formula is C17H14O. The van der Waals surface area contributed by atoms with E-state index < -0.39 is 0 Å². The summed E-state index contributed by atoms with van der Waals surface area (Å²) in [5, 5.41) is 2.22. The normalized spacial score (nSPS) is 13.7. The monoisotopic (exact) mass is 234 g/mol. The van der Waals surface area contributed by atoms with E-state index in [1.54, 1.807) is 0 Å². The minimum absolute atomic E-state index is 0.750. The largest absolute Gasteiger partial charge is 0.298 e. The highest BCUT2D eigenvalue weighted by molar-refractivity contribution is 6.07. The van der Waals surface area contributed by atoms with Gasteiger partial charge < -0.3 is 0 Å². The quantitative estimate of drug-likeness (QED) is 0.710. The molecule has 88 valence electrons. The Morgan fingerprint density at radius 3 is 2.56 bits per heavy atom. The van der Waals surface area contributed by atoms with Crippen molar-refractivity contribution in [2.45, 2.75) is 12.8 Å². The molecule has 2 aromatic carbocycles. The predicted octanol–water partition coefficient (Wildman–Crippen LogP) is 4.25. The Bertz CT molecular complexity index is 692. The van der Waals surface area contributed by atoms with Crippen LogP contribution in [-0.4, -0.2) is 6.29 Å². The Hall–Kier alpha value is -2.15. The topological polar surface area (TPSA) is 17.1 Å². The van der Waals surface area contributed by atoms with Gasteiger partial charge in [-0.3, -0.25) is 4.79 Å². The van der Waals surface area contributed by atoms with E-state index in [0.29, 0.717) is 0 Å². The van der Waals surface area contributed by atoms with E-state index >= 15 is 0 Å². The molecule has 0 atom stereocenters. The third-order valence-electron chi connectivity index (χ3n) is 3.73. The number of hydrogen-bond acceptors (Lipinski definition) is 1. The van der Waals surface area contributed by atoms with Crippen molar-refractivity contribution in [3.8, 4) is 0 Å². The predicted molar refractivity (Wildman–Crippen MR) is 76.8 cm³/mol. The molecule has 0 N–H and O–H groups in total. The van der Waals surface area contributed by atoms with Crippen molar-refractivity contribution in [3.05, 3.63) is 59.7 Å². The van der Waals surface area contributed by atoms with E-state index in [1.807, 2.05) is 24.3 Å². The van der Waals surface area contributed by atoms with Crippen LogP contribution in [0.15, 0.2) is 37.4 Å². The second-order valence-electron chi connectivity index (χ2n) is 4.69. The average Bonchev–Trinajstić information content (AvgIpc) is 2.42. The lowest BCUT2D eigenvalue weighted by molar-refractivity contribution is 0.112. The van der Waals surface area contributed by atoms with Gasteiger partial charge in [-0.15, -0.1) is 0 Å². The second-order valence-corrected chi connectivity index (χ2v) is 4.69. The standard InChI is InChI=1S/C17H14O/c1-3-12-8-9-15-14(10-18)7-6-13-5-4-11(2)16(12)17(13)15/h3,6-10H,1-2,4-5H2. The summed E-state index contributed by atoms with van der Waals surface area (Å²) in [4.78, 5) is 11.1. The molecule has 1 heteroatoms. The van der Waals surface area contributed by atoms with Gasteiger partial charge in [0, 0.05) is 5.56 Å². The molecule has 0 heterocycles. The van der Waals surface area contributed by atoms with Gasteiger partial charge in [-0.2, -0.15) is 0 Å². The lowest BCUT2D eigenvalue weighted by atomic mass is 9.82. The first-order valence-electron chi connectivity index (χ1n) is 6.10. The summed E-state index contributed by atoms with van der Waals surface area (Å²) in [5.41, 5.74) is 5.48. The van der Waals surface area contributed by atoms with Crippen LogP contribution in [0.25, 0.3) is 22.4 Å². The van der Waals surface area contributed by atoms with Crippen molar-refractivity contribution in [2.75, 3.05) is 0 Å². The van der Waals surface area contributed by atoms with Gasteiger partial charge in [0.2, 0.25) is 0 Å². The zero-order chi connectivity index (χ0) is 12.7. The molecular weight excluding hydrogens is 220 g/mol. The summed E-state index contributed by atoms with van der Waals surface area (Å²) in [7, 11) is 0. The van der Waals surface area contributed by atoms with Gasteiger partial charge in [0.15, 0.2) is 6.29 Å². The van der Waals surface area contributed by atoms with Crippen LogP contribution in [0.4, 0.5) is 0 Å². The number of carbonyl (C=O) groups is 1. The maximum Gasteiger partial charge on any atom is 0.150 e. The highest BCUT2D eigenvalue weighted by Gasteiger charge is 2.18. The molecule has 0 bridgehead atoms. The third kappa shape index (κ3) is 1.37. The lowest BCUT2D eigenvalue weighted by Gasteiger charge is -2.22. The first kappa shape index (κ1) is 11.0. The minimum atomic E-state index is 0.750. The molecule has 0 radical (unpaired) electrons. The molecule has 0 spiro atoms. The van der Waals surface area contributed by atoms with Gasteiger partial charge in [-0.25, -0.2) is 0 Å². The van der Waals surface area contributed by atoms with Gasteiger partial charge >= 0.3 is 0 Å². The van der Waals surface area contributed by atoms with Crippen LogP contribution in [-0.2, 0) is 6.42 Å². The summed E-state index contributed by atoms with van der Waals surface area (Å²) in [6.07, 6.45) is 4.77. The smallest absolute Gasteiger partial charge is 0.150 e. The molecule has 1 nitrogen and oxygen atoms in total. The van der Waals surface area contributed by atoms with E-state index in [0.717, 1.165) is 41.2 Å². The van der Waals surface area contributed by atoms with Gasteiger partial charge in [0.25, 0.3) is 0 Å². The number of allylic oxidation sites excluding steroid dienone is 1. The Labute approximate surface area is 106 Å². The number of hydrogen-bond donors (Lipinski definition) is 0. The molecule has 0 unspecified atom stereocenters. The van der Waals surface area contributed by atoms with Crippen LogP contribution in [0.1, 0.15) is 33.5 Å². The summed E-state index contributed by atoms with van der Waals surface area (Å²) in [6.45, 7) is 8.03. The second kappa shape index (κ2) is 3.95. The number of carbonyl (C=O) groups excluding carboxylic acids is 1. The van der Waals surface area contributed by atoms with Crippen LogP contribution < -0.4 is 0 Å². The zero-order valence-electron chi connectivity index (χ0n) is 10.2. The summed E-state index contributed by atoms with van der Waals surface area (Å²) < 4.78 is 0. The van der Waals surface area contributed by atoms with Crippen molar-refractivity contribution >= 4 is 28.7 Å². The molecule has 0 aromatic heterocycles. The fourth-order valence-electron chi connectivity index (χ4n) is 2.83. The first-order chi connectivity index (χ1) is 8.76. The lowest BCUT2D eigenvalue weighted by Crippen LogP contribution is -2.03. The highest BCUT2D eigenvalue weighted by atomic mass is 16.1. The van der Waals surface area contributed by atoms with E-state index in [1.165, 1.54) is 16.5 Å². The van der Waals surface area contributed by atoms with E-state index in [-0.39, 0.29) is 0 Å². The molecule has 0 amide bonds. The van der Waals surface area contributed by atoms with Gasteiger partial charge in [-0.05, 0) is 45.9 Å². The Morgan fingerprint density at radius 1 is 1.06 bits per heavy atom. The highest BCUT2D eigenvalue weighted by Crippen LogP contribution is 2.38. The number of rotatable bonds is 2. The van der Waals surface area contributed by atoms with Crippen molar-refractivity contribution in [1.82, 2.24) is 0 Å². The molecule has 3 rings (SSSR count). The molecule has 1 aliphatic rings. The van der Waals surface area contributed by atoms with Gasteiger partial charge in [0.05, 0.1) is 0 Å². The SMILES string of the molecule is C=Cc1ccc2c(C=O)ccc3c2c1C(=C)CC3. The molecule has 0 fully saturated rings.